The van der Waals surface area contributed by atoms with Crippen LogP contribution in [-0.4, -0.2) is 46.7 Å². The molecule has 2 atom stereocenters. The first-order valence-electron chi connectivity index (χ1n) is 11.1. The number of carbonyl (C=O) groups excluding carboxylic acids is 1. The molecule has 1 amide bonds. The van der Waals surface area contributed by atoms with E-state index in [0.29, 0.717) is 38.0 Å². The molecule has 2 aliphatic heterocycles. The first-order chi connectivity index (χ1) is 16.0. The van der Waals surface area contributed by atoms with Gasteiger partial charge in [-0.2, -0.15) is 8.78 Å². The fourth-order valence-corrected chi connectivity index (χ4v) is 5.20. The van der Waals surface area contributed by atoms with Crippen LogP contribution in [0.5, 0.6) is 5.75 Å². The van der Waals surface area contributed by atoms with Gasteiger partial charge >= 0.3 is 6.61 Å². The molecule has 0 radical (unpaired) electrons. The lowest BCUT2D eigenvalue weighted by atomic mass is 10.0. The molecule has 174 valence electrons. The van der Waals surface area contributed by atoms with Gasteiger partial charge in [-0.3, -0.25) is 4.79 Å². The van der Waals surface area contributed by atoms with E-state index in [0.717, 1.165) is 34.3 Å². The number of fused-ring (bicyclic) bond motifs is 3. The molecule has 1 fully saturated rings. The fourth-order valence-electron chi connectivity index (χ4n) is 4.85. The van der Waals surface area contributed by atoms with E-state index < -0.39 is 6.61 Å². The van der Waals surface area contributed by atoms with E-state index in [4.69, 9.17) is 14.5 Å². The standard InChI is InChI=1S/C24H24BrF2N3O3/c25-16-7-8-18-19(13-16)30-17(12-15-4-1-2-5-20(15)33-24(26)27)14-21(23(30)28-18)32-11-10-29-9-3-6-22(29)31/h1-2,4-5,7-8,13,17,21,24H,3,6,9-12,14H2. The molecule has 0 N–H and O–H groups in total. The van der Waals surface area contributed by atoms with E-state index in [1.54, 1.807) is 12.1 Å². The summed E-state index contributed by atoms with van der Waals surface area (Å²) in [4.78, 5) is 18.6. The molecule has 3 aromatic rings. The number of alkyl halides is 2. The van der Waals surface area contributed by atoms with E-state index in [2.05, 4.69) is 20.5 Å². The average Bonchev–Trinajstić information content (AvgIpc) is 3.45. The van der Waals surface area contributed by atoms with Crippen molar-refractivity contribution >= 4 is 32.9 Å². The predicted octanol–water partition coefficient (Wildman–Crippen LogP) is 5.27. The molecule has 0 saturated carbocycles. The molecule has 2 unspecified atom stereocenters. The Morgan fingerprint density at radius 1 is 1.21 bits per heavy atom. The van der Waals surface area contributed by atoms with E-state index in [9.17, 15) is 13.6 Å². The summed E-state index contributed by atoms with van der Waals surface area (Å²) in [5.41, 5.74) is 2.55. The molecule has 1 saturated heterocycles. The molecule has 33 heavy (non-hydrogen) atoms. The smallest absolute Gasteiger partial charge is 0.387 e. The summed E-state index contributed by atoms with van der Waals surface area (Å²) >= 11 is 3.54. The molecule has 1 aromatic heterocycles. The minimum absolute atomic E-state index is 0.0276. The van der Waals surface area contributed by atoms with Crippen LogP contribution in [0.25, 0.3) is 11.0 Å². The summed E-state index contributed by atoms with van der Waals surface area (Å²) in [6, 6.07) is 12.8. The second kappa shape index (κ2) is 9.38. The number of para-hydroxylation sites is 1. The van der Waals surface area contributed by atoms with Gasteiger partial charge in [0.25, 0.3) is 0 Å². The lowest BCUT2D eigenvalue weighted by molar-refractivity contribution is -0.128. The van der Waals surface area contributed by atoms with Gasteiger partial charge in [-0.15, -0.1) is 0 Å². The Labute approximate surface area is 198 Å². The van der Waals surface area contributed by atoms with Gasteiger partial charge < -0.3 is 18.9 Å². The zero-order valence-corrected chi connectivity index (χ0v) is 19.5. The van der Waals surface area contributed by atoms with E-state index in [-0.39, 0.29) is 23.8 Å². The molecule has 0 spiro atoms. The van der Waals surface area contributed by atoms with Crippen molar-refractivity contribution < 1.29 is 23.0 Å². The van der Waals surface area contributed by atoms with Crippen molar-refractivity contribution in [3.8, 4) is 5.75 Å². The highest BCUT2D eigenvalue weighted by Crippen LogP contribution is 2.42. The Bertz CT molecular complexity index is 1170. The minimum atomic E-state index is -2.88. The SMILES string of the molecule is O=C1CCCN1CCOC1CC(Cc2ccccc2OC(F)F)n2c1nc1ccc(Br)cc12. The highest BCUT2D eigenvalue weighted by molar-refractivity contribution is 9.10. The molecule has 5 rings (SSSR count). The Morgan fingerprint density at radius 3 is 2.85 bits per heavy atom. The largest absolute Gasteiger partial charge is 0.435 e. The van der Waals surface area contributed by atoms with Gasteiger partial charge in [0.2, 0.25) is 5.91 Å². The van der Waals surface area contributed by atoms with Gasteiger partial charge in [0.05, 0.1) is 17.6 Å². The van der Waals surface area contributed by atoms with E-state index in [1.807, 2.05) is 35.2 Å². The zero-order valence-electron chi connectivity index (χ0n) is 17.9. The summed E-state index contributed by atoms with van der Waals surface area (Å²) in [6.07, 6.45) is 2.45. The van der Waals surface area contributed by atoms with Crippen molar-refractivity contribution in [3.05, 3.63) is 58.3 Å². The Hall–Kier alpha value is -2.52. The molecular weight excluding hydrogens is 496 g/mol. The first-order valence-corrected chi connectivity index (χ1v) is 11.9. The van der Waals surface area contributed by atoms with Crippen molar-refractivity contribution in [3.63, 3.8) is 0 Å². The van der Waals surface area contributed by atoms with Crippen LogP contribution in [0.15, 0.2) is 46.9 Å². The number of rotatable bonds is 8. The summed E-state index contributed by atoms with van der Waals surface area (Å²) in [5.74, 6) is 1.19. The van der Waals surface area contributed by atoms with Crippen molar-refractivity contribution in [1.29, 1.82) is 0 Å². The van der Waals surface area contributed by atoms with Crippen LogP contribution in [0.2, 0.25) is 0 Å². The van der Waals surface area contributed by atoms with Crippen LogP contribution in [0.1, 0.15) is 42.8 Å². The number of carbonyl (C=O) groups is 1. The maximum absolute atomic E-state index is 12.9. The number of imidazole rings is 1. The minimum Gasteiger partial charge on any atom is -0.435 e. The third kappa shape index (κ3) is 4.61. The van der Waals surface area contributed by atoms with Crippen LogP contribution in [-0.2, 0) is 16.0 Å². The highest BCUT2D eigenvalue weighted by Gasteiger charge is 2.35. The van der Waals surface area contributed by atoms with Gasteiger partial charge in [0.15, 0.2) is 0 Å². The maximum Gasteiger partial charge on any atom is 0.387 e. The summed E-state index contributed by atoms with van der Waals surface area (Å²) in [6.45, 7) is -1.10. The Morgan fingerprint density at radius 2 is 2.06 bits per heavy atom. The molecule has 0 bridgehead atoms. The van der Waals surface area contributed by atoms with Gasteiger partial charge in [-0.1, -0.05) is 34.1 Å². The maximum atomic E-state index is 12.9. The van der Waals surface area contributed by atoms with Crippen LogP contribution < -0.4 is 4.74 Å². The zero-order chi connectivity index (χ0) is 22.9. The first kappa shape index (κ1) is 22.3. The molecule has 0 aliphatic carbocycles. The lowest BCUT2D eigenvalue weighted by Crippen LogP contribution is -2.28. The normalized spacial score (nSPS) is 20.2. The monoisotopic (exact) mass is 519 g/mol. The summed E-state index contributed by atoms with van der Waals surface area (Å²) in [7, 11) is 0. The third-order valence-electron chi connectivity index (χ3n) is 6.31. The topological polar surface area (TPSA) is 56.6 Å². The molecular formula is C24H24BrF2N3O3. The van der Waals surface area contributed by atoms with Gasteiger partial charge in [0, 0.05) is 36.4 Å². The van der Waals surface area contributed by atoms with Gasteiger partial charge in [-0.25, -0.2) is 4.98 Å². The number of benzene rings is 2. The highest BCUT2D eigenvalue weighted by atomic mass is 79.9. The second-order valence-corrected chi connectivity index (χ2v) is 9.31. The van der Waals surface area contributed by atoms with E-state index in [1.165, 1.54) is 0 Å². The fraction of sp³-hybridized carbons (Fsp3) is 0.417. The summed E-state index contributed by atoms with van der Waals surface area (Å²) < 4.78 is 39.9. The van der Waals surface area contributed by atoms with E-state index >= 15 is 0 Å². The van der Waals surface area contributed by atoms with Crippen molar-refractivity contribution in [2.75, 3.05) is 19.7 Å². The number of nitrogens with zero attached hydrogens (tertiary/aromatic N) is 3. The number of amides is 1. The van der Waals surface area contributed by atoms with Crippen LogP contribution >= 0.6 is 15.9 Å². The van der Waals surface area contributed by atoms with Crippen LogP contribution in [0, 0.1) is 0 Å². The number of aromatic nitrogens is 2. The van der Waals surface area contributed by atoms with Gasteiger partial charge in [-0.05, 0) is 42.7 Å². The lowest BCUT2D eigenvalue weighted by Gasteiger charge is -2.18. The predicted molar refractivity (Wildman–Crippen MR) is 122 cm³/mol. The van der Waals surface area contributed by atoms with Crippen LogP contribution in [0.4, 0.5) is 8.78 Å². The number of likely N-dealkylation sites (tertiary alicyclic amines) is 1. The number of halogens is 3. The Kier molecular flexibility index (Phi) is 6.34. The van der Waals surface area contributed by atoms with Crippen molar-refractivity contribution in [2.45, 2.75) is 44.4 Å². The Balaban J connectivity index is 1.41. The number of hydrogen-bond acceptors (Lipinski definition) is 4. The molecule has 3 heterocycles. The summed E-state index contributed by atoms with van der Waals surface area (Å²) in [5, 5.41) is 0. The number of hydrogen-bond donors (Lipinski definition) is 0. The third-order valence-corrected chi connectivity index (χ3v) is 6.81. The molecule has 2 aromatic carbocycles. The number of ether oxygens (including phenoxy) is 2. The molecule has 2 aliphatic rings. The molecule has 9 heteroatoms. The second-order valence-electron chi connectivity index (χ2n) is 8.40. The molecule has 6 nitrogen and oxygen atoms in total. The quantitative estimate of drug-likeness (QED) is 0.406. The van der Waals surface area contributed by atoms with Gasteiger partial charge in [0.1, 0.15) is 17.7 Å². The average molecular weight is 520 g/mol. The van der Waals surface area contributed by atoms with Crippen LogP contribution in [0.3, 0.4) is 0 Å². The van der Waals surface area contributed by atoms with Crippen molar-refractivity contribution in [1.82, 2.24) is 14.5 Å². The van der Waals surface area contributed by atoms with Crippen molar-refractivity contribution in [2.24, 2.45) is 0 Å².